The van der Waals surface area contributed by atoms with Crippen LogP contribution >= 0.6 is 0 Å². The lowest BCUT2D eigenvalue weighted by atomic mass is 9.86. The molecule has 1 saturated heterocycles. The number of carbonyl (C=O) groups is 3. The summed E-state index contributed by atoms with van der Waals surface area (Å²) in [7, 11) is 0. The molecule has 0 spiro atoms. The first kappa shape index (κ1) is 35.6. The molecular formula is C26H26F7N3O6. The van der Waals surface area contributed by atoms with Crippen LogP contribution in [0.2, 0.25) is 0 Å². The van der Waals surface area contributed by atoms with Crippen molar-refractivity contribution in [2.24, 2.45) is 5.92 Å². The molecule has 0 bridgehead atoms. The van der Waals surface area contributed by atoms with E-state index < -0.39 is 36.1 Å². The number of aromatic carboxylic acids is 1. The molecule has 0 atom stereocenters. The molecule has 230 valence electrons. The third-order valence-corrected chi connectivity index (χ3v) is 6.19. The standard InChI is InChI=1S/C22H24FN3O2.2C2HF3O2/c1-13-19(14(2)25-15(3)21(13)22(27)28)10-16-6-8-26(9-7-16)20-5-4-18(23)11-17(20)12-24;2*3-2(4,5)1(6)7/h4-5,11,16H,6-10H2,1-3H3,(H,27,28);2*(H,6,7). The number of anilines is 1. The highest BCUT2D eigenvalue weighted by Crippen LogP contribution is 2.30. The molecule has 2 aromatic rings. The van der Waals surface area contributed by atoms with Crippen molar-refractivity contribution < 1.29 is 60.4 Å². The Bertz CT molecular complexity index is 1320. The maximum absolute atomic E-state index is 13.4. The molecule has 0 saturated carbocycles. The van der Waals surface area contributed by atoms with Crippen molar-refractivity contribution in [3.8, 4) is 6.07 Å². The fourth-order valence-electron chi connectivity index (χ4n) is 4.22. The van der Waals surface area contributed by atoms with Crippen LogP contribution in [0.4, 0.5) is 36.4 Å². The highest BCUT2D eigenvalue weighted by atomic mass is 19.4. The third-order valence-electron chi connectivity index (χ3n) is 6.19. The van der Waals surface area contributed by atoms with Gasteiger partial charge in [0.15, 0.2) is 0 Å². The van der Waals surface area contributed by atoms with E-state index in [1.165, 1.54) is 12.1 Å². The Balaban J connectivity index is 0.000000522. The summed E-state index contributed by atoms with van der Waals surface area (Å²) in [4.78, 5) is 36.0. The van der Waals surface area contributed by atoms with E-state index in [0.717, 1.165) is 54.9 Å². The summed E-state index contributed by atoms with van der Waals surface area (Å²) in [5.74, 6) is -6.42. The Morgan fingerprint density at radius 1 is 0.952 bits per heavy atom. The molecule has 0 amide bonds. The Kier molecular flexibility index (Phi) is 12.3. The number of pyridine rings is 1. The number of alkyl halides is 6. The van der Waals surface area contributed by atoms with Crippen LogP contribution in [-0.2, 0) is 16.0 Å². The molecule has 0 unspecified atom stereocenters. The zero-order valence-electron chi connectivity index (χ0n) is 22.4. The number of aromatic nitrogens is 1. The number of aliphatic carboxylic acids is 2. The van der Waals surface area contributed by atoms with E-state index in [1.807, 2.05) is 13.8 Å². The van der Waals surface area contributed by atoms with Crippen molar-refractivity contribution >= 4 is 23.6 Å². The number of hydrogen-bond acceptors (Lipinski definition) is 6. The molecule has 0 aliphatic carbocycles. The molecule has 0 radical (unpaired) electrons. The maximum atomic E-state index is 13.4. The van der Waals surface area contributed by atoms with Gasteiger partial charge in [-0.3, -0.25) is 4.98 Å². The van der Waals surface area contributed by atoms with Crippen LogP contribution in [0.25, 0.3) is 0 Å². The quantitative estimate of drug-likeness (QED) is 0.385. The van der Waals surface area contributed by atoms with Gasteiger partial charge in [0.2, 0.25) is 0 Å². The first-order chi connectivity index (χ1) is 19.2. The van der Waals surface area contributed by atoms with Crippen LogP contribution < -0.4 is 4.90 Å². The molecule has 9 nitrogen and oxygen atoms in total. The minimum atomic E-state index is -5.08. The number of piperidine rings is 1. The number of nitrogens with zero attached hydrogens (tertiary/aromatic N) is 3. The van der Waals surface area contributed by atoms with Gasteiger partial charge in [0.05, 0.1) is 22.5 Å². The zero-order valence-corrected chi connectivity index (χ0v) is 22.4. The van der Waals surface area contributed by atoms with Gasteiger partial charge in [-0.2, -0.15) is 31.6 Å². The average molecular weight is 609 g/mol. The third kappa shape index (κ3) is 10.2. The molecule has 1 aliphatic rings. The first-order valence-corrected chi connectivity index (χ1v) is 11.9. The van der Waals surface area contributed by atoms with Gasteiger partial charge in [-0.25, -0.2) is 18.8 Å². The van der Waals surface area contributed by atoms with Gasteiger partial charge in [-0.15, -0.1) is 0 Å². The van der Waals surface area contributed by atoms with E-state index in [0.29, 0.717) is 22.7 Å². The molecule has 2 heterocycles. The number of aryl methyl sites for hydroxylation is 2. The van der Waals surface area contributed by atoms with Crippen LogP contribution in [0.3, 0.4) is 0 Å². The van der Waals surface area contributed by atoms with Crippen LogP contribution in [0.5, 0.6) is 0 Å². The summed E-state index contributed by atoms with van der Waals surface area (Å²) in [5.41, 5.74) is 4.74. The second kappa shape index (κ2) is 14.5. The number of halogens is 7. The summed E-state index contributed by atoms with van der Waals surface area (Å²) >= 11 is 0. The van der Waals surface area contributed by atoms with Crippen molar-refractivity contribution in [2.75, 3.05) is 18.0 Å². The van der Waals surface area contributed by atoms with Crippen molar-refractivity contribution in [2.45, 2.75) is 52.4 Å². The summed E-state index contributed by atoms with van der Waals surface area (Å²) in [6.45, 7) is 7.12. The Morgan fingerprint density at radius 2 is 1.43 bits per heavy atom. The summed E-state index contributed by atoms with van der Waals surface area (Å²) in [6.07, 6.45) is -7.51. The van der Waals surface area contributed by atoms with Crippen LogP contribution in [-0.4, -0.2) is 63.7 Å². The average Bonchev–Trinajstić information content (AvgIpc) is 2.86. The highest BCUT2D eigenvalue weighted by molar-refractivity contribution is 5.91. The van der Waals surface area contributed by atoms with Crippen LogP contribution in [0.1, 0.15) is 51.3 Å². The fraction of sp³-hybridized carbons (Fsp3) is 0.423. The Labute approximate surface area is 234 Å². The van der Waals surface area contributed by atoms with E-state index in [9.17, 15) is 45.9 Å². The molecule has 1 fully saturated rings. The van der Waals surface area contributed by atoms with Crippen molar-refractivity contribution in [3.63, 3.8) is 0 Å². The number of carboxylic acids is 3. The number of benzene rings is 1. The predicted octanol–water partition coefficient (Wildman–Crippen LogP) is 5.44. The molecule has 1 aromatic carbocycles. The van der Waals surface area contributed by atoms with Gasteiger partial charge < -0.3 is 20.2 Å². The van der Waals surface area contributed by atoms with Crippen molar-refractivity contribution in [1.29, 1.82) is 5.26 Å². The summed E-state index contributed by atoms with van der Waals surface area (Å²) in [5, 5.41) is 33.0. The van der Waals surface area contributed by atoms with Crippen LogP contribution in [0.15, 0.2) is 18.2 Å². The molecule has 1 aliphatic heterocycles. The number of nitriles is 1. The van der Waals surface area contributed by atoms with E-state index >= 15 is 0 Å². The van der Waals surface area contributed by atoms with E-state index in [4.69, 9.17) is 19.8 Å². The van der Waals surface area contributed by atoms with Crippen molar-refractivity contribution in [3.05, 3.63) is 57.7 Å². The van der Waals surface area contributed by atoms with Gasteiger partial charge in [0.1, 0.15) is 11.9 Å². The smallest absolute Gasteiger partial charge is 0.478 e. The van der Waals surface area contributed by atoms with Crippen LogP contribution in [0, 0.1) is 43.8 Å². The van der Waals surface area contributed by atoms with Gasteiger partial charge >= 0.3 is 30.3 Å². The topological polar surface area (TPSA) is 152 Å². The minimum Gasteiger partial charge on any atom is -0.478 e. The SMILES string of the molecule is Cc1nc(C)c(C(=O)O)c(C)c1CC1CCN(c2ccc(F)cc2C#N)CC1.O=C(O)C(F)(F)F.O=C(O)C(F)(F)F. The molecule has 42 heavy (non-hydrogen) atoms. The Hall–Kier alpha value is -4.42. The zero-order chi connectivity index (χ0) is 32.6. The van der Waals surface area contributed by atoms with Gasteiger partial charge in [-0.1, -0.05) is 0 Å². The fourth-order valence-corrected chi connectivity index (χ4v) is 4.22. The number of rotatable bonds is 4. The lowest BCUT2D eigenvalue weighted by molar-refractivity contribution is -0.193. The molecule has 16 heteroatoms. The number of hydrogen-bond donors (Lipinski definition) is 3. The molecule has 3 rings (SSSR count). The monoisotopic (exact) mass is 609 g/mol. The van der Waals surface area contributed by atoms with Gasteiger partial charge in [0.25, 0.3) is 0 Å². The van der Waals surface area contributed by atoms with Gasteiger partial charge in [0, 0.05) is 18.8 Å². The maximum Gasteiger partial charge on any atom is 0.490 e. The predicted molar refractivity (Wildman–Crippen MR) is 133 cm³/mol. The van der Waals surface area contributed by atoms with E-state index in [1.54, 1.807) is 13.0 Å². The number of carboxylic acid groups (broad SMARTS) is 3. The second-order valence-corrected chi connectivity index (χ2v) is 9.08. The van der Waals surface area contributed by atoms with E-state index in [-0.39, 0.29) is 0 Å². The summed E-state index contributed by atoms with van der Waals surface area (Å²) < 4.78 is 76.9. The molecule has 3 N–H and O–H groups in total. The lowest BCUT2D eigenvalue weighted by Crippen LogP contribution is -2.35. The largest absolute Gasteiger partial charge is 0.490 e. The highest BCUT2D eigenvalue weighted by Gasteiger charge is 2.39. The second-order valence-electron chi connectivity index (χ2n) is 9.08. The van der Waals surface area contributed by atoms with Gasteiger partial charge in [-0.05, 0) is 75.3 Å². The minimum absolute atomic E-state index is 0.308. The summed E-state index contributed by atoms with van der Waals surface area (Å²) in [6, 6.07) is 6.41. The normalized spacial score (nSPS) is 13.6. The van der Waals surface area contributed by atoms with Crippen molar-refractivity contribution in [1.82, 2.24) is 4.98 Å². The first-order valence-electron chi connectivity index (χ1n) is 11.9. The van der Waals surface area contributed by atoms with E-state index in [2.05, 4.69) is 16.0 Å². The molecular weight excluding hydrogens is 583 g/mol. The molecule has 1 aromatic heterocycles. The Morgan fingerprint density at radius 3 is 1.83 bits per heavy atom. The lowest BCUT2D eigenvalue weighted by Gasteiger charge is -2.34.